The maximum Gasteiger partial charge on any atom is 0.417 e. The van der Waals surface area contributed by atoms with Crippen LogP contribution < -0.4 is 0 Å². The molecule has 0 N–H and O–H groups in total. The van der Waals surface area contributed by atoms with Gasteiger partial charge in [-0.2, -0.15) is 18.4 Å². The zero-order valence-corrected chi connectivity index (χ0v) is 9.66. The van der Waals surface area contributed by atoms with Crippen molar-refractivity contribution in [2.75, 3.05) is 0 Å². The molecular formula is C8H2Br2F3N. The maximum atomic E-state index is 12.4. The summed E-state index contributed by atoms with van der Waals surface area (Å²) in [6.07, 6.45) is -4.51. The van der Waals surface area contributed by atoms with Gasteiger partial charge in [0.15, 0.2) is 0 Å². The first-order chi connectivity index (χ1) is 6.36. The molecule has 0 radical (unpaired) electrons. The number of halogens is 5. The van der Waals surface area contributed by atoms with E-state index in [1.165, 1.54) is 6.07 Å². The Hall–Kier alpha value is -0.540. The Kier molecular flexibility index (Phi) is 3.22. The maximum absolute atomic E-state index is 12.4. The second-order valence-corrected chi connectivity index (χ2v) is 4.13. The van der Waals surface area contributed by atoms with Crippen molar-refractivity contribution in [2.24, 2.45) is 0 Å². The highest BCUT2D eigenvalue weighted by Gasteiger charge is 2.34. The van der Waals surface area contributed by atoms with E-state index in [0.717, 1.165) is 12.1 Å². The predicted molar refractivity (Wildman–Crippen MR) is 51.6 cm³/mol. The number of hydrogen-bond donors (Lipinski definition) is 0. The lowest BCUT2D eigenvalue weighted by Crippen LogP contribution is -2.07. The number of hydrogen-bond acceptors (Lipinski definition) is 1. The molecule has 0 unspecified atom stereocenters. The van der Waals surface area contributed by atoms with Crippen molar-refractivity contribution in [2.45, 2.75) is 6.18 Å². The first kappa shape index (κ1) is 11.5. The third kappa shape index (κ3) is 2.28. The van der Waals surface area contributed by atoms with Crippen molar-refractivity contribution in [1.82, 2.24) is 0 Å². The molecule has 0 spiro atoms. The molecule has 0 aliphatic carbocycles. The average Bonchev–Trinajstić information content (AvgIpc) is 2.07. The van der Waals surface area contributed by atoms with E-state index in [1.807, 2.05) is 0 Å². The minimum absolute atomic E-state index is 0.267. The van der Waals surface area contributed by atoms with Crippen LogP contribution in [-0.2, 0) is 6.18 Å². The molecule has 0 saturated heterocycles. The molecule has 0 aliphatic heterocycles. The molecule has 0 amide bonds. The summed E-state index contributed by atoms with van der Waals surface area (Å²) in [5.41, 5.74) is -1.33. The number of rotatable bonds is 0. The zero-order valence-electron chi connectivity index (χ0n) is 6.49. The normalized spacial score (nSPS) is 11.1. The summed E-state index contributed by atoms with van der Waals surface area (Å²) in [4.78, 5) is 0. The standard InChI is InChI=1S/C8H2Br2F3N/c9-6-1-4(3-14)5(2-7(6)10)8(11,12)13/h1-2H. The quantitative estimate of drug-likeness (QED) is 0.703. The average molecular weight is 329 g/mol. The molecule has 6 heteroatoms. The summed E-state index contributed by atoms with van der Waals surface area (Å²) in [7, 11) is 0. The van der Waals surface area contributed by atoms with Crippen LogP contribution in [0.1, 0.15) is 11.1 Å². The van der Waals surface area contributed by atoms with Gasteiger partial charge in [0.05, 0.1) is 17.2 Å². The second-order valence-electron chi connectivity index (χ2n) is 2.42. The Morgan fingerprint density at radius 2 is 1.64 bits per heavy atom. The molecular weight excluding hydrogens is 327 g/mol. The first-order valence-corrected chi connectivity index (χ1v) is 4.91. The van der Waals surface area contributed by atoms with Crippen LogP contribution in [0.2, 0.25) is 0 Å². The van der Waals surface area contributed by atoms with Gasteiger partial charge in [0.2, 0.25) is 0 Å². The lowest BCUT2D eigenvalue weighted by molar-refractivity contribution is -0.137. The van der Waals surface area contributed by atoms with Gasteiger partial charge < -0.3 is 0 Å². The van der Waals surface area contributed by atoms with E-state index in [0.29, 0.717) is 4.47 Å². The van der Waals surface area contributed by atoms with Crippen LogP contribution in [0.4, 0.5) is 13.2 Å². The molecule has 0 atom stereocenters. The van der Waals surface area contributed by atoms with Crippen molar-refractivity contribution in [3.05, 3.63) is 32.2 Å². The van der Waals surface area contributed by atoms with Crippen LogP contribution in [0.15, 0.2) is 21.1 Å². The lowest BCUT2D eigenvalue weighted by Gasteiger charge is -2.09. The minimum atomic E-state index is -4.51. The Morgan fingerprint density at radius 3 is 2.07 bits per heavy atom. The van der Waals surface area contributed by atoms with Crippen LogP contribution in [0.25, 0.3) is 0 Å². The molecule has 0 saturated carbocycles. The van der Waals surface area contributed by atoms with Crippen LogP contribution in [-0.4, -0.2) is 0 Å². The van der Waals surface area contributed by atoms with Gasteiger partial charge in [-0.3, -0.25) is 0 Å². The molecule has 0 bridgehead atoms. The lowest BCUT2D eigenvalue weighted by atomic mass is 10.1. The molecule has 0 heterocycles. The SMILES string of the molecule is N#Cc1cc(Br)c(Br)cc1C(F)(F)F. The fourth-order valence-electron chi connectivity index (χ4n) is 0.874. The van der Waals surface area contributed by atoms with Crippen molar-refractivity contribution in [3.63, 3.8) is 0 Å². The third-order valence-corrected chi connectivity index (χ3v) is 3.33. The van der Waals surface area contributed by atoms with Gasteiger partial charge in [-0.05, 0) is 44.0 Å². The van der Waals surface area contributed by atoms with Gasteiger partial charge >= 0.3 is 6.18 Å². The molecule has 14 heavy (non-hydrogen) atoms. The van der Waals surface area contributed by atoms with E-state index in [4.69, 9.17) is 5.26 Å². The topological polar surface area (TPSA) is 23.8 Å². The summed E-state index contributed by atoms with van der Waals surface area (Å²) >= 11 is 5.97. The molecule has 1 nitrogen and oxygen atoms in total. The Labute approximate surface area is 94.8 Å². The molecule has 1 rings (SSSR count). The summed E-state index contributed by atoms with van der Waals surface area (Å²) in [5.74, 6) is 0. The van der Waals surface area contributed by atoms with E-state index in [1.54, 1.807) is 0 Å². The summed E-state index contributed by atoms with van der Waals surface area (Å²) in [5, 5.41) is 8.51. The van der Waals surface area contributed by atoms with Gasteiger partial charge in [-0.15, -0.1) is 0 Å². The van der Waals surface area contributed by atoms with Crippen molar-refractivity contribution >= 4 is 31.9 Å². The van der Waals surface area contributed by atoms with Crippen molar-refractivity contribution < 1.29 is 13.2 Å². The van der Waals surface area contributed by atoms with Crippen LogP contribution in [0.5, 0.6) is 0 Å². The summed E-state index contributed by atoms with van der Waals surface area (Å²) in [6, 6.07) is 3.51. The fraction of sp³-hybridized carbons (Fsp3) is 0.125. The number of nitriles is 1. The van der Waals surface area contributed by atoms with Crippen LogP contribution in [0, 0.1) is 11.3 Å². The summed E-state index contributed by atoms with van der Waals surface area (Å²) < 4.78 is 37.8. The smallest absolute Gasteiger partial charge is 0.192 e. The Morgan fingerprint density at radius 1 is 1.14 bits per heavy atom. The van der Waals surface area contributed by atoms with Crippen LogP contribution >= 0.6 is 31.9 Å². The minimum Gasteiger partial charge on any atom is -0.192 e. The second kappa shape index (κ2) is 3.91. The number of alkyl halides is 3. The molecule has 1 aromatic carbocycles. The van der Waals surface area contributed by atoms with E-state index in [2.05, 4.69) is 31.9 Å². The Bertz CT molecular complexity index is 406. The highest BCUT2D eigenvalue weighted by atomic mass is 79.9. The van der Waals surface area contributed by atoms with Gasteiger partial charge in [0, 0.05) is 8.95 Å². The highest BCUT2D eigenvalue weighted by Crippen LogP contribution is 2.36. The molecule has 0 aromatic heterocycles. The van der Waals surface area contributed by atoms with E-state index in [-0.39, 0.29) is 4.47 Å². The summed E-state index contributed by atoms with van der Waals surface area (Å²) in [6.45, 7) is 0. The van der Waals surface area contributed by atoms with Gasteiger partial charge in [0.1, 0.15) is 0 Å². The van der Waals surface area contributed by atoms with Crippen LogP contribution in [0.3, 0.4) is 0 Å². The molecule has 1 aromatic rings. The Balaban J connectivity index is 3.45. The largest absolute Gasteiger partial charge is 0.417 e. The van der Waals surface area contributed by atoms with E-state index < -0.39 is 17.3 Å². The highest BCUT2D eigenvalue weighted by molar-refractivity contribution is 9.13. The zero-order chi connectivity index (χ0) is 10.9. The van der Waals surface area contributed by atoms with E-state index >= 15 is 0 Å². The van der Waals surface area contributed by atoms with Gasteiger partial charge in [-0.1, -0.05) is 0 Å². The molecule has 0 aliphatic rings. The third-order valence-electron chi connectivity index (χ3n) is 1.49. The fourth-order valence-corrected chi connectivity index (χ4v) is 1.56. The van der Waals surface area contributed by atoms with Crippen molar-refractivity contribution in [3.8, 4) is 6.07 Å². The number of nitrogens with zero attached hydrogens (tertiary/aromatic N) is 1. The predicted octanol–water partition coefficient (Wildman–Crippen LogP) is 4.10. The van der Waals surface area contributed by atoms with Crippen molar-refractivity contribution in [1.29, 1.82) is 5.26 Å². The van der Waals surface area contributed by atoms with E-state index in [9.17, 15) is 13.2 Å². The molecule has 0 fully saturated rings. The monoisotopic (exact) mass is 327 g/mol. The molecule has 74 valence electrons. The van der Waals surface area contributed by atoms with Gasteiger partial charge in [0.25, 0.3) is 0 Å². The first-order valence-electron chi connectivity index (χ1n) is 3.32. The number of benzene rings is 1. The van der Waals surface area contributed by atoms with Gasteiger partial charge in [-0.25, -0.2) is 0 Å².